The minimum absolute atomic E-state index is 0.780. The topological polar surface area (TPSA) is 37.8 Å². The maximum Gasteiger partial charge on any atom is 0.133 e. The van der Waals surface area contributed by atoms with E-state index in [4.69, 9.17) is 11.6 Å². The van der Waals surface area contributed by atoms with Gasteiger partial charge in [-0.3, -0.25) is 0 Å². The first-order chi connectivity index (χ1) is 8.15. The van der Waals surface area contributed by atoms with Crippen LogP contribution in [0.2, 0.25) is 4.34 Å². The minimum atomic E-state index is 0.780. The average Bonchev–Trinajstić information content (AvgIpc) is 2.76. The molecule has 0 aliphatic rings. The third-order valence-corrected chi connectivity index (χ3v) is 3.79. The van der Waals surface area contributed by atoms with E-state index >= 15 is 0 Å². The summed E-state index contributed by atoms with van der Waals surface area (Å²) in [4.78, 5) is 10.1. The average molecular weight is 268 g/mol. The van der Waals surface area contributed by atoms with E-state index in [1.165, 1.54) is 0 Å². The molecule has 0 amide bonds. The first-order valence-corrected chi connectivity index (χ1v) is 6.66. The summed E-state index contributed by atoms with van der Waals surface area (Å²) in [5.41, 5.74) is 2.03. The van der Waals surface area contributed by atoms with Crippen LogP contribution in [0.25, 0.3) is 10.6 Å². The van der Waals surface area contributed by atoms with Crippen molar-refractivity contribution in [2.24, 2.45) is 0 Å². The lowest BCUT2D eigenvalue weighted by Gasteiger charge is -2.10. The van der Waals surface area contributed by atoms with Crippen molar-refractivity contribution < 1.29 is 0 Å². The van der Waals surface area contributed by atoms with Gasteiger partial charge >= 0.3 is 0 Å². The molecule has 90 valence electrons. The van der Waals surface area contributed by atoms with E-state index in [1.54, 1.807) is 11.3 Å². The summed E-state index contributed by atoms with van der Waals surface area (Å²) in [6.45, 7) is 4.07. The van der Waals surface area contributed by atoms with E-state index in [-0.39, 0.29) is 0 Å². The summed E-state index contributed by atoms with van der Waals surface area (Å²) in [6, 6.07) is 3.90. The zero-order chi connectivity index (χ0) is 12.4. The Morgan fingerprint density at radius 2 is 2.12 bits per heavy atom. The zero-order valence-electron chi connectivity index (χ0n) is 10.0. The molecule has 0 aliphatic carbocycles. The molecule has 17 heavy (non-hydrogen) atoms. The summed E-state index contributed by atoms with van der Waals surface area (Å²) in [7, 11) is 1.87. The molecule has 2 aromatic rings. The number of anilines is 1. The number of aromatic nitrogens is 2. The van der Waals surface area contributed by atoms with Crippen LogP contribution in [-0.4, -0.2) is 17.0 Å². The van der Waals surface area contributed by atoms with Gasteiger partial charge in [0.1, 0.15) is 11.6 Å². The summed E-state index contributed by atoms with van der Waals surface area (Å²) in [5, 5.41) is 3.11. The molecule has 3 nitrogen and oxygen atoms in total. The highest BCUT2D eigenvalue weighted by atomic mass is 35.5. The van der Waals surface area contributed by atoms with Crippen molar-refractivity contribution in [2.45, 2.75) is 20.3 Å². The zero-order valence-corrected chi connectivity index (χ0v) is 11.6. The highest BCUT2D eigenvalue weighted by Gasteiger charge is 2.12. The van der Waals surface area contributed by atoms with Crippen molar-refractivity contribution in [1.82, 2.24) is 9.97 Å². The van der Waals surface area contributed by atoms with E-state index in [2.05, 4.69) is 22.2 Å². The molecule has 0 spiro atoms. The number of hydrogen-bond donors (Lipinski definition) is 1. The molecule has 2 aromatic heterocycles. The van der Waals surface area contributed by atoms with Crippen molar-refractivity contribution in [3.05, 3.63) is 27.9 Å². The largest absolute Gasteiger partial charge is 0.373 e. The first kappa shape index (κ1) is 12.3. The van der Waals surface area contributed by atoms with E-state index in [0.717, 1.165) is 38.5 Å². The van der Waals surface area contributed by atoms with E-state index in [0.29, 0.717) is 0 Å². The Morgan fingerprint density at radius 3 is 2.65 bits per heavy atom. The van der Waals surface area contributed by atoms with Gasteiger partial charge in [-0.2, -0.15) is 0 Å². The molecule has 0 unspecified atom stereocenters. The van der Waals surface area contributed by atoms with Crippen LogP contribution in [0.3, 0.4) is 0 Å². The normalized spacial score (nSPS) is 10.6. The van der Waals surface area contributed by atoms with Crippen LogP contribution >= 0.6 is 22.9 Å². The number of halogens is 1. The summed E-state index contributed by atoms with van der Waals surface area (Å²) < 4.78 is 0.780. The van der Waals surface area contributed by atoms with Crippen LogP contribution in [0, 0.1) is 6.92 Å². The van der Waals surface area contributed by atoms with Gasteiger partial charge in [0.2, 0.25) is 0 Å². The van der Waals surface area contributed by atoms with Gasteiger partial charge in [0.25, 0.3) is 0 Å². The van der Waals surface area contributed by atoms with E-state index < -0.39 is 0 Å². The molecule has 2 rings (SSSR count). The van der Waals surface area contributed by atoms with Gasteiger partial charge in [-0.1, -0.05) is 18.5 Å². The molecule has 0 saturated carbocycles. The monoisotopic (exact) mass is 267 g/mol. The SMILES string of the molecule is CCc1nc(NC)c(C)c(-c2ccc(Cl)s2)n1. The molecule has 0 saturated heterocycles. The van der Waals surface area contributed by atoms with Crippen LogP contribution < -0.4 is 5.32 Å². The molecule has 5 heteroatoms. The van der Waals surface area contributed by atoms with Gasteiger partial charge in [-0.05, 0) is 19.1 Å². The Balaban J connectivity index is 2.59. The molecule has 2 heterocycles. The van der Waals surface area contributed by atoms with Gasteiger partial charge in [-0.15, -0.1) is 11.3 Å². The standard InChI is InChI=1S/C12H14ClN3S/c1-4-10-15-11(7(2)12(14-3)16-10)8-5-6-9(13)17-8/h5-6H,4H2,1-3H3,(H,14,15,16). The predicted molar refractivity (Wildman–Crippen MR) is 74.0 cm³/mol. The minimum Gasteiger partial charge on any atom is -0.373 e. The van der Waals surface area contributed by atoms with Crippen LogP contribution in [0.5, 0.6) is 0 Å². The summed E-state index contributed by atoms with van der Waals surface area (Å²) >= 11 is 7.51. The highest BCUT2D eigenvalue weighted by Crippen LogP contribution is 2.33. The molecular formula is C12H14ClN3S. The Bertz CT molecular complexity index is 537. The van der Waals surface area contributed by atoms with Crippen LogP contribution in [0.15, 0.2) is 12.1 Å². The quantitative estimate of drug-likeness (QED) is 0.920. The first-order valence-electron chi connectivity index (χ1n) is 5.46. The Kier molecular flexibility index (Phi) is 3.64. The number of rotatable bonds is 3. The number of hydrogen-bond acceptors (Lipinski definition) is 4. The van der Waals surface area contributed by atoms with Gasteiger partial charge in [0, 0.05) is 19.0 Å². The van der Waals surface area contributed by atoms with Gasteiger partial charge in [-0.25, -0.2) is 9.97 Å². The number of aryl methyl sites for hydroxylation is 1. The second-order valence-corrected chi connectivity index (χ2v) is 5.38. The smallest absolute Gasteiger partial charge is 0.133 e. The lowest BCUT2D eigenvalue weighted by atomic mass is 10.2. The third-order valence-electron chi connectivity index (χ3n) is 2.55. The van der Waals surface area contributed by atoms with Crippen LogP contribution in [0.4, 0.5) is 5.82 Å². The van der Waals surface area contributed by atoms with Crippen molar-refractivity contribution in [1.29, 1.82) is 0 Å². The van der Waals surface area contributed by atoms with E-state index in [9.17, 15) is 0 Å². The van der Waals surface area contributed by atoms with Crippen molar-refractivity contribution in [3.8, 4) is 10.6 Å². The van der Waals surface area contributed by atoms with Crippen molar-refractivity contribution in [3.63, 3.8) is 0 Å². The summed E-state index contributed by atoms with van der Waals surface area (Å²) in [6.07, 6.45) is 0.821. The molecule has 0 radical (unpaired) electrons. The molecule has 0 bridgehead atoms. The Hall–Kier alpha value is -1.13. The van der Waals surface area contributed by atoms with E-state index in [1.807, 2.05) is 26.1 Å². The van der Waals surface area contributed by atoms with Crippen molar-refractivity contribution >= 4 is 28.8 Å². The fraction of sp³-hybridized carbons (Fsp3) is 0.333. The Morgan fingerprint density at radius 1 is 1.35 bits per heavy atom. The van der Waals surface area contributed by atoms with Crippen LogP contribution in [-0.2, 0) is 6.42 Å². The summed E-state index contributed by atoms with van der Waals surface area (Å²) in [5.74, 6) is 1.73. The number of thiophene rings is 1. The second-order valence-electron chi connectivity index (χ2n) is 3.67. The van der Waals surface area contributed by atoms with Gasteiger partial charge in [0.15, 0.2) is 0 Å². The lowest BCUT2D eigenvalue weighted by Crippen LogP contribution is -2.04. The Labute approximate surface area is 110 Å². The maximum absolute atomic E-state index is 5.97. The second kappa shape index (κ2) is 5.02. The van der Waals surface area contributed by atoms with Gasteiger partial charge < -0.3 is 5.32 Å². The van der Waals surface area contributed by atoms with Crippen molar-refractivity contribution in [2.75, 3.05) is 12.4 Å². The molecule has 0 aromatic carbocycles. The molecular weight excluding hydrogens is 254 g/mol. The lowest BCUT2D eigenvalue weighted by molar-refractivity contribution is 0.937. The molecule has 0 aliphatic heterocycles. The number of nitrogens with zero attached hydrogens (tertiary/aromatic N) is 2. The molecule has 0 atom stereocenters. The fourth-order valence-electron chi connectivity index (χ4n) is 1.65. The van der Waals surface area contributed by atoms with Crippen LogP contribution in [0.1, 0.15) is 18.3 Å². The highest BCUT2D eigenvalue weighted by molar-refractivity contribution is 7.19. The number of nitrogens with one attached hydrogen (secondary N) is 1. The van der Waals surface area contributed by atoms with Gasteiger partial charge in [0.05, 0.1) is 14.9 Å². The third kappa shape index (κ3) is 2.42. The molecule has 1 N–H and O–H groups in total. The maximum atomic E-state index is 5.97. The fourth-order valence-corrected chi connectivity index (χ4v) is 2.74. The molecule has 0 fully saturated rings. The predicted octanol–water partition coefficient (Wildman–Crippen LogP) is 3.77.